The van der Waals surface area contributed by atoms with Crippen molar-refractivity contribution in [2.45, 2.75) is 13.8 Å². The van der Waals surface area contributed by atoms with Gasteiger partial charge in [0.25, 0.3) is 5.91 Å². The quantitative estimate of drug-likeness (QED) is 0.855. The Kier molecular flexibility index (Phi) is 5.65. The molecule has 0 bridgehead atoms. The number of likely N-dealkylation sites (N-methyl/N-ethyl adjacent to an activating group) is 1. The molecular formula is C17H23N5O. The van der Waals surface area contributed by atoms with Crippen LogP contribution in [0.5, 0.6) is 0 Å². The molecule has 0 aliphatic carbocycles. The van der Waals surface area contributed by atoms with E-state index < -0.39 is 0 Å². The Morgan fingerprint density at radius 2 is 1.83 bits per heavy atom. The number of aryl methyl sites for hydroxylation is 2. The molecule has 0 unspecified atom stereocenters. The van der Waals surface area contributed by atoms with E-state index in [4.69, 9.17) is 0 Å². The second kappa shape index (κ2) is 7.69. The van der Waals surface area contributed by atoms with Gasteiger partial charge in [-0.1, -0.05) is 18.2 Å². The van der Waals surface area contributed by atoms with Crippen LogP contribution in [0.1, 0.15) is 21.6 Å². The summed E-state index contributed by atoms with van der Waals surface area (Å²) < 4.78 is 0. The van der Waals surface area contributed by atoms with Gasteiger partial charge >= 0.3 is 0 Å². The van der Waals surface area contributed by atoms with E-state index in [2.05, 4.69) is 20.6 Å². The lowest BCUT2D eigenvalue weighted by molar-refractivity contribution is 0.0945. The lowest BCUT2D eigenvalue weighted by atomic mass is 10.1. The molecule has 0 radical (unpaired) electrons. The van der Waals surface area contributed by atoms with Crippen LogP contribution >= 0.6 is 0 Å². The van der Waals surface area contributed by atoms with Gasteiger partial charge in [0, 0.05) is 18.8 Å². The Hall–Kier alpha value is -2.47. The highest BCUT2D eigenvalue weighted by Crippen LogP contribution is 2.22. The second-order valence-corrected chi connectivity index (χ2v) is 5.74. The van der Waals surface area contributed by atoms with Crippen LogP contribution in [0.25, 0.3) is 0 Å². The minimum Gasteiger partial charge on any atom is -0.349 e. The first kappa shape index (κ1) is 16.9. The molecule has 2 rings (SSSR count). The Morgan fingerprint density at radius 1 is 1.13 bits per heavy atom. The van der Waals surface area contributed by atoms with E-state index in [1.807, 2.05) is 51.0 Å². The molecule has 0 saturated heterocycles. The molecule has 0 aliphatic heterocycles. The van der Waals surface area contributed by atoms with Crippen molar-refractivity contribution >= 4 is 17.4 Å². The fourth-order valence-electron chi connectivity index (χ4n) is 2.13. The average Bonchev–Trinajstić information content (AvgIpc) is 2.51. The van der Waals surface area contributed by atoms with Crippen molar-refractivity contribution in [1.29, 1.82) is 0 Å². The molecule has 122 valence electrons. The van der Waals surface area contributed by atoms with Gasteiger partial charge < -0.3 is 15.5 Å². The second-order valence-electron chi connectivity index (χ2n) is 5.74. The zero-order valence-corrected chi connectivity index (χ0v) is 14.1. The van der Waals surface area contributed by atoms with Crippen LogP contribution < -0.4 is 10.6 Å². The van der Waals surface area contributed by atoms with Gasteiger partial charge in [-0.3, -0.25) is 4.79 Å². The molecule has 0 aliphatic rings. The largest absolute Gasteiger partial charge is 0.349 e. The molecule has 2 aromatic rings. The summed E-state index contributed by atoms with van der Waals surface area (Å²) in [6.45, 7) is 5.44. The molecule has 0 saturated carbocycles. The maximum atomic E-state index is 12.0. The summed E-state index contributed by atoms with van der Waals surface area (Å²) in [6, 6.07) is 6.09. The summed E-state index contributed by atoms with van der Waals surface area (Å²) in [4.78, 5) is 22.4. The molecule has 2 N–H and O–H groups in total. The highest BCUT2D eigenvalue weighted by Gasteiger charge is 2.08. The van der Waals surface area contributed by atoms with Crippen LogP contribution in [-0.4, -0.2) is 48.0 Å². The number of rotatable bonds is 6. The van der Waals surface area contributed by atoms with E-state index in [0.29, 0.717) is 18.1 Å². The topological polar surface area (TPSA) is 70.2 Å². The monoisotopic (exact) mass is 313 g/mol. The minimum atomic E-state index is -0.210. The van der Waals surface area contributed by atoms with E-state index in [1.54, 1.807) is 6.20 Å². The van der Waals surface area contributed by atoms with E-state index in [1.165, 1.54) is 6.20 Å². The van der Waals surface area contributed by atoms with Crippen molar-refractivity contribution in [3.05, 3.63) is 47.4 Å². The summed E-state index contributed by atoms with van der Waals surface area (Å²) in [6.07, 6.45) is 3.06. The summed E-state index contributed by atoms with van der Waals surface area (Å²) >= 11 is 0. The maximum absolute atomic E-state index is 12.0. The molecule has 1 aromatic heterocycles. The zero-order valence-electron chi connectivity index (χ0n) is 14.1. The molecule has 0 atom stereocenters. The van der Waals surface area contributed by atoms with E-state index in [-0.39, 0.29) is 5.91 Å². The van der Waals surface area contributed by atoms with Crippen molar-refractivity contribution in [3.8, 4) is 0 Å². The molecule has 1 heterocycles. The average molecular weight is 313 g/mol. The Bertz CT molecular complexity index is 647. The number of aromatic nitrogens is 2. The number of hydrogen-bond donors (Lipinski definition) is 2. The summed E-state index contributed by atoms with van der Waals surface area (Å²) in [5.74, 6) is 0.408. The Morgan fingerprint density at radius 3 is 2.39 bits per heavy atom. The van der Waals surface area contributed by atoms with Gasteiger partial charge in [-0.2, -0.15) is 0 Å². The molecule has 23 heavy (non-hydrogen) atoms. The first-order valence-corrected chi connectivity index (χ1v) is 7.55. The van der Waals surface area contributed by atoms with Gasteiger partial charge in [0.1, 0.15) is 11.5 Å². The van der Waals surface area contributed by atoms with Crippen molar-refractivity contribution in [2.24, 2.45) is 0 Å². The fourth-order valence-corrected chi connectivity index (χ4v) is 2.13. The van der Waals surface area contributed by atoms with Crippen LogP contribution in [0.2, 0.25) is 0 Å². The fraction of sp³-hybridized carbons (Fsp3) is 0.353. The highest BCUT2D eigenvalue weighted by molar-refractivity contribution is 5.92. The van der Waals surface area contributed by atoms with Crippen molar-refractivity contribution in [2.75, 3.05) is 32.5 Å². The summed E-state index contributed by atoms with van der Waals surface area (Å²) in [5, 5.41) is 6.07. The highest BCUT2D eigenvalue weighted by atomic mass is 16.1. The molecule has 6 heteroatoms. The third-order valence-corrected chi connectivity index (χ3v) is 3.46. The molecular weight excluding hydrogens is 290 g/mol. The van der Waals surface area contributed by atoms with E-state index >= 15 is 0 Å². The molecule has 0 spiro atoms. The van der Waals surface area contributed by atoms with Crippen LogP contribution in [0.4, 0.5) is 11.5 Å². The number of nitrogens with one attached hydrogen (secondary N) is 2. The smallest absolute Gasteiger partial charge is 0.271 e. The number of anilines is 2. The first-order valence-electron chi connectivity index (χ1n) is 7.55. The number of hydrogen-bond acceptors (Lipinski definition) is 5. The lowest BCUT2D eigenvalue weighted by Crippen LogP contribution is -2.31. The molecule has 0 fully saturated rings. The number of carbonyl (C=O) groups is 1. The van der Waals surface area contributed by atoms with Gasteiger partial charge in [-0.25, -0.2) is 9.97 Å². The number of nitrogens with zero attached hydrogens (tertiary/aromatic N) is 3. The number of amides is 1. The predicted molar refractivity (Wildman–Crippen MR) is 92.1 cm³/mol. The van der Waals surface area contributed by atoms with Gasteiger partial charge in [-0.05, 0) is 39.1 Å². The van der Waals surface area contributed by atoms with Crippen molar-refractivity contribution in [3.63, 3.8) is 0 Å². The minimum absolute atomic E-state index is 0.210. The van der Waals surface area contributed by atoms with Crippen molar-refractivity contribution in [1.82, 2.24) is 20.2 Å². The van der Waals surface area contributed by atoms with E-state index in [9.17, 15) is 4.79 Å². The number of carbonyl (C=O) groups excluding carboxylic acids is 1. The lowest BCUT2D eigenvalue weighted by Gasteiger charge is -2.12. The van der Waals surface area contributed by atoms with Crippen LogP contribution in [0.15, 0.2) is 30.6 Å². The third kappa shape index (κ3) is 4.75. The van der Waals surface area contributed by atoms with Gasteiger partial charge in [-0.15, -0.1) is 0 Å². The van der Waals surface area contributed by atoms with Crippen LogP contribution in [0.3, 0.4) is 0 Å². The van der Waals surface area contributed by atoms with Gasteiger partial charge in [0.2, 0.25) is 0 Å². The zero-order chi connectivity index (χ0) is 16.8. The molecule has 6 nitrogen and oxygen atoms in total. The standard InChI is InChI=1S/C17H23N5O/c1-12-6-5-7-13(2)16(12)21-15-11-19-14(10-20-15)17(23)18-8-9-22(3)4/h5-7,10-11H,8-9H2,1-4H3,(H,18,23)(H,20,21). The number of para-hydroxylation sites is 1. The maximum Gasteiger partial charge on any atom is 0.271 e. The van der Waals surface area contributed by atoms with Crippen LogP contribution in [-0.2, 0) is 0 Å². The molecule has 1 amide bonds. The Labute approximate surface area is 137 Å². The van der Waals surface area contributed by atoms with Gasteiger partial charge in [0.15, 0.2) is 0 Å². The normalized spacial score (nSPS) is 10.7. The molecule has 1 aromatic carbocycles. The van der Waals surface area contributed by atoms with Crippen molar-refractivity contribution < 1.29 is 4.79 Å². The summed E-state index contributed by atoms with van der Waals surface area (Å²) in [7, 11) is 3.92. The summed E-state index contributed by atoms with van der Waals surface area (Å²) in [5.41, 5.74) is 3.61. The third-order valence-electron chi connectivity index (χ3n) is 3.46. The van der Waals surface area contributed by atoms with Crippen LogP contribution in [0, 0.1) is 13.8 Å². The SMILES string of the molecule is Cc1cccc(C)c1Nc1cnc(C(=O)NCCN(C)C)cn1. The first-order chi connectivity index (χ1) is 11.0. The van der Waals surface area contributed by atoms with E-state index in [0.717, 1.165) is 23.4 Å². The van der Waals surface area contributed by atoms with Gasteiger partial charge in [0.05, 0.1) is 12.4 Å². The Balaban J connectivity index is 2.01. The number of benzene rings is 1. The predicted octanol–water partition coefficient (Wildman–Crippen LogP) is 2.13.